The number of nitrogens with two attached hydrogens (primary N) is 1. The third kappa shape index (κ3) is 2.03. The molecule has 2 heterocycles. The topological polar surface area (TPSA) is 67.1 Å². The summed E-state index contributed by atoms with van der Waals surface area (Å²) >= 11 is 0. The Labute approximate surface area is 108 Å². The SMILES string of the molecule is CC1(C)CCCN1c1cc(NN)nc(C2CC2)n1. The predicted molar refractivity (Wildman–Crippen MR) is 72.5 cm³/mol. The average molecular weight is 247 g/mol. The third-order valence-electron chi connectivity index (χ3n) is 4.00. The van der Waals surface area contributed by atoms with Crippen LogP contribution in [0.3, 0.4) is 0 Å². The second-order valence-corrected chi connectivity index (χ2v) is 5.96. The summed E-state index contributed by atoms with van der Waals surface area (Å²) in [6.07, 6.45) is 4.84. The molecule has 3 rings (SSSR count). The molecule has 2 fully saturated rings. The van der Waals surface area contributed by atoms with Crippen LogP contribution in [-0.2, 0) is 0 Å². The van der Waals surface area contributed by atoms with Gasteiger partial charge in [0.25, 0.3) is 0 Å². The van der Waals surface area contributed by atoms with Gasteiger partial charge in [0.2, 0.25) is 0 Å². The van der Waals surface area contributed by atoms with E-state index in [2.05, 4.69) is 29.2 Å². The van der Waals surface area contributed by atoms with Crippen LogP contribution in [0.1, 0.15) is 51.3 Å². The highest BCUT2D eigenvalue weighted by Gasteiger charge is 2.34. The number of nitrogens with one attached hydrogen (secondary N) is 1. The molecular weight excluding hydrogens is 226 g/mol. The monoisotopic (exact) mass is 247 g/mol. The molecule has 5 nitrogen and oxygen atoms in total. The molecule has 1 saturated carbocycles. The van der Waals surface area contributed by atoms with E-state index in [-0.39, 0.29) is 5.54 Å². The highest BCUT2D eigenvalue weighted by molar-refractivity contribution is 5.51. The van der Waals surface area contributed by atoms with Gasteiger partial charge in [-0.1, -0.05) is 0 Å². The normalized spacial score (nSPS) is 22.3. The summed E-state index contributed by atoms with van der Waals surface area (Å²) in [6, 6.07) is 1.96. The molecule has 5 heteroatoms. The summed E-state index contributed by atoms with van der Waals surface area (Å²) < 4.78 is 0. The van der Waals surface area contributed by atoms with Crippen molar-refractivity contribution in [2.75, 3.05) is 16.9 Å². The molecule has 1 aliphatic heterocycles. The zero-order chi connectivity index (χ0) is 12.8. The molecule has 0 spiro atoms. The van der Waals surface area contributed by atoms with Crippen LogP contribution in [0.2, 0.25) is 0 Å². The van der Waals surface area contributed by atoms with Gasteiger partial charge in [-0.3, -0.25) is 0 Å². The van der Waals surface area contributed by atoms with Crippen molar-refractivity contribution < 1.29 is 0 Å². The molecule has 0 aromatic carbocycles. The van der Waals surface area contributed by atoms with E-state index < -0.39 is 0 Å². The highest BCUT2D eigenvalue weighted by Crippen LogP contribution is 2.40. The first-order chi connectivity index (χ1) is 8.60. The molecule has 0 atom stereocenters. The van der Waals surface area contributed by atoms with Crippen molar-refractivity contribution in [1.82, 2.24) is 9.97 Å². The minimum Gasteiger partial charge on any atom is -0.351 e. The van der Waals surface area contributed by atoms with Gasteiger partial charge < -0.3 is 10.3 Å². The Morgan fingerprint density at radius 1 is 1.39 bits per heavy atom. The van der Waals surface area contributed by atoms with Gasteiger partial charge in [-0.05, 0) is 39.5 Å². The van der Waals surface area contributed by atoms with E-state index in [1.165, 1.54) is 25.7 Å². The lowest BCUT2D eigenvalue weighted by molar-refractivity contribution is 0.513. The second kappa shape index (κ2) is 4.09. The summed E-state index contributed by atoms with van der Waals surface area (Å²) in [4.78, 5) is 11.6. The Hall–Kier alpha value is -1.36. The summed E-state index contributed by atoms with van der Waals surface area (Å²) in [6.45, 7) is 5.61. The van der Waals surface area contributed by atoms with E-state index in [0.29, 0.717) is 5.92 Å². The zero-order valence-electron chi connectivity index (χ0n) is 11.1. The van der Waals surface area contributed by atoms with Gasteiger partial charge in [0.15, 0.2) is 0 Å². The molecule has 18 heavy (non-hydrogen) atoms. The van der Waals surface area contributed by atoms with Crippen LogP contribution in [0.25, 0.3) is 0 Å². The van der Waals surface area contributed by atoms with E-state index >= 15 is 0 Å². The van der Waals surface area contributed by atoms with Crippen LogP contribution in [0, 0.1) is 0 Å². The summed E-state index contributed by atoms with van der Waals surface area (Å²) in [5.74, 6) is 8.75. The fourth-order valence-electron chi connectivity index (χ4n) is 2.72. The lowest BCUT2D eigenvalue weighted by Gasteiger charge is -2.33. The maximum atomic E-state index is 5.52. The van der Waals surface area contributed by atoms with Crippen LogP contribution in [0.4, 0.5) is 11.6 Å². The maximum Gasteiger partial charge on any atom is 0.145 e. The van der Waals surface area contributed by atoms with Crippen LogP contribution in [0.15, 0.2) is 6.07 Å². The van der Waals surface area contributed by atoms with Crippen LogP contribution in [0.5, 0.6) is 0 Å². The van der Waals surface area contributed by atoms with Crippen molar-refractivity contribution in [3.63, 3.8) is 0 Å². The standard InChI is InChI=1S/C13H21N5/c1-13(2)6-3-7-18(13)11-8-10(17-14)15-12(16-11)9-4-5-9/h8-9H,3-7,14H2,1-2H3,(H,15,16,17). The third-order valence-corrected chi connectivity index (χ3v) is 4.00. The van der Waals surface area contributed by atoms with Crippen LogP contribution in [-0.4, -0.2) is 22.1 Å². The van der Waals surface area contributed by atoms with Crippen LogP contribution < -0.4 is 16.2 Å². The number of hydrogen-bond acceptors (Lipinski definition) is 5. The van der Waals surface area contributed by atoms with Crippen molar-refractivity contribution >= 4 is 11.6 Å². The molecule has 0 radical (unpaired) electrons. The quantitative estimate of drug-likeness (QED) is 0.632. The van der Waals surface area contributed by atoms with E-state index in [1.807, 2.05) is 6.07 Å². The fourth-order valence-corrected chi connectivity index (χ4v) is 2.72. The number of rotatable bonds is 3. The van der Waals surface area contributed by atoms with Crippen molar-refractivity contribution in [1.29, 1.82) is 0 Å². The molecule has 1 saturated heterocycles. The van der Waals surface area contributed by atoms with E-state index in [0.717, 1.165) is 24.0 Å². The maximum absolute atomic E-state index is 5.52. The minimum atomic E-state index is 0.182. The molecule has 98 valence electrons. The van der Waals surface area contributed by atoms with Gasteiger partial charge in [0.1, 0.15) is 17.5 Å². The first-order valence-electron chi connectivity index (χ1n) is 6.73. The van der Waals surface area contributed by atoms with Crippen molar-refractivity contribution in [3.05, 3.63) is 11.9 Å². The Morgan fingerprint density at radius 3 is 2.72 bits per heavy atom. The first-order valence-corrected chi connectivity index (χ1v) is 6.73. The average Bonchev–Trinajstić information content (AvgIpc) is 3.13. The van der Waals surface area contributed by atoms with Gasteiger partial charge in [0, 0.05) is 24.1 Å². The molecule has 1 aromatic heterocycles. The lowest BCUT2D eigenvalue weighted by Crippen LogP contribution is -2.39. The second-order valence-electron chi connectivity index (χ2n) is 5.96. The summed E-state index contributed by atoms with van der Waals surface area (Å²) in [7, 11) is 0. The molecular formula is C13H21N5. The smallest absolute Gasteiger partial charge is 0.145 e. The number of hydrogen-bond donors (Lipinski definition) is 2. The molecule has 3 N–H and O–H groups in total. The molecule has 1 aliphatic carbocycles. The Kier molecular flexibility index (Phi) is 2.66. The van der Waals surface area contributed by atoms with Crippen molar-refractivity contribution in [3.8, 4) is 0 Å². The highest BCUT2D eigenvalue weighted by atomic mass is 15.3. The largest absolute Gasteiger partial charge is 0.351 e. The number of nitrogens with zero attached hydrogens (tertiary/aromatic N) is 3. The van der Waals surface area contributed by atoms with Gasteiger partial charge in [-0.2, -0.15) is 0 Å². The van der Waals surface area contributed by atoms with Gasteiger partial charge in [-0.15, -0.1) is 0 Å². The predicted octanol–water partition coefficient (Wildman–Crippen LogP) is 2.02. The fraction of sp³-hybridized carbons (Fsp3) is 0.692. The Morgan fingerprint density at radius 2 is 2.17 bits per heavy atom. The molecule has 0 amide bonds. The van der Waals surface area contributed by atoms with Crippen LogP contribution >= 0.6 is 0 Å². The summed E-state index contributed by atoms with van der Waals surface area (Å²) in [5, 5.41) is 0. The molecule has 2 aliphatic rings. The lowest BCUT2D eigenvalue weighted by atomic mass is 10.0. The number of aromatic nitrogens is 2. The first kappa shape index (κ1) is 11.7. The zero-order valence-corrected chi connectivity index (χ0v) is 11.1. The minimum absolute atomic E-state index is 0.182. The van der Waals surface area contributed by atoms with Gasteiger partial charge in [0.05, 0.1) is 0 Å². The van der Waals surface area contributed by atoms with E-state index in [9.17, 15) is 0 Å². The molecule has 0 bridgehead atoms. The molecule has 0 unspecified atom stereocenters. The number of anilines is 2. The Bertz CT molecular complexity index is 453. The van der Waals surface area contributed by atoms with Gasteiger partial charge >= 0.3 is 0 Å². The van der Waals surface area contributed by atoms with Gasteiger partial charge in [-0.25, -0.2) is 15.8 Å². The van der Waals surface area contributed by atoms with Crippen molar-refractivity contribution in [2.24, 2.45) is 5.84 Å². The Balaban J connectivity index is 1.97. The summed E-state index contributed by atoms with van der Waals surface area (Å²) in [5.41, 5.74) is 2.85. The number of hydrazine groups is 1. The van der Waals surface area contributed by atoms with E-state index in [1.54, 1.807) is 0 Å². The van der Waals surface area contributed by atoms with E-state index in [4.69, 9.17) is 10.8 Å². The van der Waals surface area contributed by atoms with Crippen molar-refractivity contribution in [2.45, 2.75) is 51.0 Å². The number of nitrogen functional groups attached to an aromatic ring is 1. The molecule has 1 aromatic rings.